The predicted octanol–water partition coefficient (Wildman–Crippen LogP) is 5.66. The number of imide groups is 1. The van der Waals surface area contributed by atoms with Crippen molar-refractivity contribution in [3.63, 3.8) is 0 Å². The third kappa shape index (κ3) is 7.25. The van der Waals surface area contributed by atoms with Gasteiger partial charge in [-0.1, -0.05) is 17.7 Å². The number of carbonyl (C=O) groups excluding carboxylic acids is 3. The molecule has 31 heavy (non-hydrogen) atoms. The molecule has 0 bridgehead atoms. The molecule has 3 amide bonds. The number of amides is 3. The Bertz CT molecular complexity index is 937. The van der Waals surface area contributed by atoms with Gasteiger partial charge in [-0.05, 0) is 71.9 Å². The third-order valence-corrected chi connectivity index (χ3v) is 3.80. The van der Waals surface area contributed by atoms with Crippen molar-refractivity contribution in [3.05, 3.63) is 53.3 Å². The molecular weight excluding hydrogens is 422 g/mol. The van der Waals surface area contributed by atoms with Crippen molar-refractivity contribution in [2.75, 3.05) is 10.2 Å². The van der Waals surface area contributed by atoms with Crippen LogP contribution in [0.5, 0.6) is 0 Å². The van der Waals surface area contributed by atoms with E-state index in [1.54, 1.807) is 59.7 Å². The highest BCUT2D eigenvalue weighted by atomic mass is 35.5. The number of pyridine rings is 1. The number of hydrogen-bond donors (Lipinski definition) is 1. The van der Waals surface area contributed by atoms with E-state index >= 15 is 0 Å². The van der Waals surface area contributed by atoms with Gasteiger partial charge in [0.1, 0.15) is 16.9 Å². The Morgan fingerprint density at radius 1 is 0.935 bits per heavy atom. The fourth-order valence-electron chi connectivity index (χ4n) is 2.34. The summed E-state index contributed by atoms with van der Waals surface area (Å²) in [7, 11) is 0. The molecule has 0 saturated heterocycles. The molecule has 0 saturated carbocycles. The number of aromatic nitrogens is 1. The van der Waals surface area contributed by atoms with E-state index in [0.717, 1.165) is 4.90 Å². The quantitative estimate of drug-likeness (QED) is 0.651. The first kappa shape index (κ1) is 24.1. The van der Waals surface area contributed by atoms with Crippen molar-refractivity contribution in [1.82, 2.24) is 4.98 Å². The molecule has 0 aliphatic rings. The van der Waals surface area contributed by atoms with Crippen LogP contribution in [-0.4, -0.2) is 34.3 Å². The molecule has 1 aromatic heterocycles. The number of rotatable bonds is 3. The van der Waals surface area contributed by atoms with Crippen LogP contribution >= 0.6 is 11.6 Å². The van der Waals surface area contributed by atoms with Gasteiger partial charge in [0.15, 0.2) is 0 Å². The Balaban J connectivity index is 2.34. The standard InChI is InChI=1S/C22H26ClN3O5/c1-21(2,3)30-19(28)26(20(29)31-22(4,5)6)17-11-10-14(13-15(17)23)25-18(27)16-9-7-8-12-24-16/h7-13H,1-6H3,(H,25,27). The number of anilines is 2. The molecular formula is C22H26ClN3O5. The minimum absolute atomic E-state index is 0.0375. The SMILES string of the molecule is CC(C)(C)OC(=O)N(C(=O)OC(C)(C)C)c1ccc(NC(=O)c2ccccn2)cc1Cl. The maximum Gasteiger partial charge on any atom is 0.424 e. The Morgan fingerprint density at radius 3 is 1.97 bits per heavy atom. The Labute approximate surface area is 186 Å². The van der Waals surface area contributed by atoms with E-state index in [1.807, 2.05) is 0 Å². The second-order valence-corrected chi connectivity index (χ2v) is 9.04. The summed E-state index contributed by atoms with van der Waals surface area (Å²) in [5.41, 5.74) is -1.05. The van der Waals surface area contributed by atoms with E-state index in [1.165, 1.54) is 24.4 Å². The first-order valence-electron chi connectivity index (χ1n) is 9.55. The summed E-state index contributed by atoms with van der Waals surface area (Å²) in [6.45, 7) is 10.1. The number of hydrogen-bond acceptors (Lipinski definition) is 6. The summed E-state index contributed by atoms with van der Waals surface area (Å²) in [5, 5.41) is 2.70. The number of benzene rings is 1. The van der Waals surface area contributed by atoms with Crippen LogP contribution in [0.3, 0.4) is 0 Å². The molecule has 1 N–H and O–H groups in total. The lowest BCUT2D eigenvalue weighted by Crippen LogP contribution is -2.44. The zero-order valence-corrected chi connectivity index (χ0v) is 19.1. The first-order chi connectivity index (χ1) is 14.3. The molecule has 0 atom stereocenters. The fourth-order valence-corrected chi connectivity index (χ4v) is 2.61. The van der Waals surface area contributed by atoms with E-state index < -0.39 is 29.3 Å². The van der Waals surface area contributed by atoms with E-state index in [4.69, 9.17) is 21.1 Å². The number of halogens is 1. The van der Waals surface area contributed by atoms with Crippen LogP contribution in [0.15, 0.2) is 42.6 Å². The summed E-state index contributed by atoms with van der Waals surface area (Å²) >= 11 is 6.36. The highest BCUT2D eigenvalue weighted by Gasteiger charge is 2.34. The van der Waals surface area contributed by atoms with Gasteiger partial charge in [0, 0.05) is 11.9 Å². The van der Waals surface area contributed by atoms with Crippen LogP contribution in [0.25, 0.3) is 0 Å². The molecule has 0 unspecified atom stereocenters. The molecule has 0 aliphatic carbocycles. The highest BCUT2D eigenvalue weighted by molar-refractivity contribution is 6.35. The largest absolute Gasteiger partial charge is 0.443 e. The molecule has 0 radical (unpaired) electrons. The van der Waals surface area contributed by atoms with Crippen molar-refractivity contribution in [2.24, 2.45) is 0 Å². The van der Waals surface area contributed by atoms with Gasteiger partial charge in [-0.25, -0.2) is 9.59 Å². The van der Waals surface area contributed by atoms with Crippen molar-refractivity contribution in [1.29, 1.82) is 0 Å². The Hall–Kier alpha value is -3.13. The van der Waals surface area contributed by atoms with Crippen LogP contribution in [0.2, 0.25) is 5.02 Å². The monoisotopic (exact) mass is 447 g/mol. The zero-order chi connectivity index (χ0) is 23.4. The van der Waals surface area contributed by atoms with Crippen molar-refractivity contribution in [2.45, 2.75) is 52.7 Å². The summed E-state index contributed by atoms with van der Waals surface area (Å²) < 4.78 is 10.7. The molecule has 0 spiro atoms. The molecule has 166 valence electrons. The van der Waals surface area contributed by atoms with Gasteiger partial charge in [0.25, 0.3) is 5.91 Å². The van der Waals surface area contributed by atoms with Crippen molar-refractivity contribution >= 4 is 41.1 Å². The van der Waals surface area contributed by atoms with Gasteiger partial charge in [-0.3, -0.25) is 9.78 Å². The van der Waals surface area contributed by atoms with Gasteiger partial charge >= 0.3 is 12.2 Å². The number of nitrogens with one attached hydrogen (secondary N) is 1. The molecule has 2 aromatic rings. The topological polar surface area (TPSA) is 97.8 Å². The Kier molecular flexibility index (Phi) is 7.28. The van der Waals surface area contributed by atoms with Crippen LogP contribution in [0.1, 0.15) is 52.0 Å². The third-order valence-electron chi connectivity index (χ3n) is 3.50. The first-order valence-corrected chi connectivity index (χ1v) is 9.93. The smallest absolute Gasteiger partial charge is 0.424 e. The van der Waals surface area contributed by atoms with Crippen LogP contribution in [0.4, 0.5) is 21.0 Å². The second kappa shape index (κ2) is 9.34. The minimum atomic E-state index is -0.936. The summed E-state index contributed by atoms with van der Waals surface area (Å²) in [5.74, 6) is -0.430. The highest BCUT2D eigenvalue weighted by Crippen LogP contribution is 2.31. The summed E-state index contributed by atoms with van der Waals surface area (Å²) in [6.07, 6.45) is -0.368. The van der Waals surface area contributed by atoms with E-state index in [-0.39, 0.29) is 16.4 Å². The summed E-state index contributed by atoms with van der Waals surface area (Å²) in [6, 6.07) is 9.30. The normalized spacial score (nSPS) is 11.5. The molecule has 8 nitrogen and oxygen atoms in total. The van der Waals surface area contributed by atoms with Crippen LogP contribution in [0, 0.1) is 0 Å². The fraction of sp³-hybridized carbons (Fsp3) is 0.364. The molecule has 1 heterocycles. The van der Waals surface area contributed by atoms with Gasteiger partial charge in [0.05, 0.1) is 10.7 Å². The molecule has 2 rings (SSSR count). The second-order valence-electron chi connectivity index (χ2n) is 8.63. The maximum atomic E-state index is 12.8. The van der Waals surface area contributed by atoms with E-state index in [9.17, 15) is 14.4 Å². The number of carbonyl (C=O) groups is 3. The van der Waals surface area contributed by atoms with Crippen molar-refractivity contribution < 1.29 is 23.9 Å². The lowest BCUT2D eigenvalue weighted by Gasteiger charge is -2.29. The molecule has 1 aromatic carbocycles. The summed E-state index contributed by atoms with van der Waals surface area (Å²) in [4.78, 5) is 42.5. The van der Waals surface area contributed by atoms with Crippen LogP contribution in [-0.2, 0) is 9.47 Å². The van der Waals surface area contributed by atoms with Gasteiger partial charge < -0.3 is 14.8 Å². The minimum Gasteiger partial charge on any atom is -0.443 e. The zero-order valence-electron chi connectivity index (χ0n) is 18.4. The van der Waals surface area contributed by atoms with E-state index in [2.05, 4.69) is 10.3 Å². The lowest BCUT2D eigenvalue weighted by atomic mass is 10.2. The van der Waals surface area contributed by atoms with Gasteiger partial charge in [-0.15, -0.1) is 0 Å². The lowest BCUT2D eigenvalue weighted by molar-refractivity contribution is 0.0430. The Morgan fingerprint density at radius 2 is 1.52 bits per heavy atom. The predicted molar refractivity (Wildman–Crippen MR) is 119 cm³/mol. The average Bonchev–Trinajstić information content (AvgIpc) is 2.61. The molecule has 0 fully saturated rings. The number of nitrogens with zero attached hydrogens (tertiary/aromatic N) is 2. The van der Waals surface area contributed by atoms with Crippen molar-refractivity contribution in [3.8, 4) is 0 Å². The molecule has 9 heteroatoms. The van der Waals surface area contributed by atoms with Gasteiger partial charge in [0.2, 0.25) is 0 Å². The number of ether oxygens (including phenoxy) is 2. The average molecular weight is 448 g/mol. The molecule has 0 aliphatic heterocycles. The van der Waals surface area contributed by atoms with Gasteiger partial charge in [-0.2, -0.15) is 4.90 Å². The van der Waals surface area contributed by atoms with E-state index in [0.29, 0.717) is 5.69 Å². The van der Waals surface area contributed by atoms with Crippen LogP contribution < -0.4 is 10.2 Å². The maximum absolute atomic E-state index is 12.8.